The molecule has 0 aliphatic carbocycles. The first kappa shape index (κ1) is 17.1. The number of nitrogen functional groups attached to an aromatic ring is 1. The van der Waals surface area contributed by atoms with Crippen molar-refractivity contribution in [2.45, 2.75) is 6.54 Å². The van der Waals surface area contributed by atoms with E-state index < -0.39 is 0 Å². The number of carbonyl (C=O) groups is 1. The van der Waals surface area contributed by atoms with Crippen LogP contribution in [0.4, 0.5) is 5.69 Å². The summed E-state index contributed by atoms with van der Waals surface area (Å²) in [4.78, 5) is 16.7. The molecule has 0 spiro atoms. The number of carbonyl (C=O) groups excluding carboxylic acids is 1. The van der Waals surface area contributed by atoms with Crippen LogP contribution in [0.1, 0.15) is 15.9 Å². The number of phenols is 1. The normalized spacial score (nSPS) is 15.2. The van der Waals surface area contributed by atoms with Gasteiger partial charge in [-0.1, -0.05) is 12.1 Å². The smallest absolute Gasteiger partial charge is 0.253 e. The van der Waals surface area contributed by atoms with Crippen LogP contribution in [-0.4, -0.2) is 54.1 Å². The van der Waals surface area contributed by atoms with Gasteiger partial charge in [0.2, 0.25) is 0 Å². The molecule has 1 aliphatic heterocycles. The van der Waals surface area contributed by atoms with Crippen LogP contribution in [-0.2, 0) is 6.54 Å². The monoisotopic (exact) mass is 341 g/mol. The van der Waals surface area contributed by atoms with Crippen molar-refractivity contribution in [1.29, 1.82) is 0 Å². The molecule has 132 valence electrons. The number of piperazine rings is 1. The summed E-state index contributed by atoms with van der Waals surface area (Å²) in [6.07, 6.45) is 0. The fourth-order valence-corrected chi connectivity index (χ4v) is 3.09. The van der Waals surface area contributed by atoms with Gasteiger partial charge in [-0.15, -0.1) is 0 Å². The highest BCUT2D eigenvalue weighted by Crippen LogP contribution is 2.30. The van der Waals surface area contributed by atoms with E-state index in [2.05, 4.69) is 4.90 Å². The Hall–Kier alpha value is -2.73. The zero-order chi connectivity index (χ0) is 17.8. The van der Waals surface area contributed by atoms with E-state index in [1.807, 2.05) is 17.0 Å². The first-order chi connectivity index (χ1) is 12.1. The second-order valence-corrected chi connectivity index (χ2v) is 6.16. The summed E-state index contributed by atoms with van der Waals surface area (Å²) in [5.41, 5.74) is 7.93. The maximum atomic E-state index is 12.5. The Kier molecular flexibility index (Phi) is 5.09. The number of para-hydroxylation sites is 1. The van der Waals surface area contributed by atoms with E-state index in [9.17, 15) is 9.90 Å². The Labute approximate surface area is 147 Å². The van der Waals surface area contributed by atoms with Crippen LogP contribution in [0.25, 0.3) is 0 Å². The van der Waals surface area contributed by atoms with Gasteiger partial charge in [0.05, 0.1) is 7.11 Å². The van der Waals surface area contributed by atoms with Crippen LogP contribution in [0.2, 0.25) is 0 Å². The van der Waals surface area contributed by atoms with E-state index in [0.717, 1.165) is 18.7 Å². The molecule has 3 rings (SSSR count). The Bertz CT molecular complexity index is 738. The number of aromatic hydroxyl groups is 1. The van der Waals surface area contributed by atoms with Crippen molar-refractivity contribution in [2.24, 2.45) is 0 Å². The Morgan fingerprint density at radius 3 is 2.44 bits per heavy atom. The maximum absolute atomic E-state index is 12.5. The molecule has 0 aromatic heterocycles. The van der Waals surface area contributed by atoms with Gasteiger partial charge >= 0.3 is 0 Å². The fraction of sp³-hybridized carbons (Fsp3) is 0.316. The number of anilines is 1. The van der Waals surface area contributed by atoms with Crippen LogP contribution in [0.15, 0.2) is 42.5 Å². The number of hydrogen-bond acceptors (Lipinski definition) is 5. The third-order valence-corrected chi connectivity index (χ3v) is 4.49. The van der Waals surface area contributed by atoms with E-state index in [4.69, 9.17) is 10.5 Å². The second kappa shape index (κ2) is 7.44. The summed E-state index contributed by atoms with van der Waals surface area (Å²) < 4.78 is 5.29. The lowest BCUT2D eigenvalue weighted by atomic mass is 10.1. The first-order valence-electron chi connectivity index (χ1n) is 8.30. The highest BCUT2D eigenvalue weighted by Gasteiger charge is 2.23. The van der Waals surface area contributed by atoms with Crippen molar-refractivity contribution in [3.63, 3.8) is 0 Å². The molecule has 0 radical (unpaired) electrons. The predicted molar refractivity (Wildman–Crippen MR) is 96.7 cm³/mol. The average molecular weight is 341 g/mol. The lowest BCUT2D eigenvalue weighted by molar-refractivity contribution is 0.0627. The molecule has 25 heavy (non-hydrogen) atoms. The number of ether oxygens (including phenoxy) is 1. The molecule has 0 saturated carbocycles. The predicted octanol–water partition coefficient (Wildman–Crippen LogP) is 1.94. The van der Waals surface area contributed by atoms with Crippen LogP contribution in [0.3, 0.4) is 0 Å². The fourth-order valence-electron chi connectivity index (χ4n) is 3.09. The van der Waals surface area contributed by atoms with Crippen molar-refractivity contribution < 1.29 is 14.6 Å². The minimum absolute atomic E-state index is 0.0367. The number of hydrogen-bond donors (Lipinski definition) is 2. The van der Waals surface area contributed by atoms with E-state index in [1.165, 1.54) is 0 Å². The standard InChI is InChI=1S/C19H23N3O3/c1-25-18-15(3-2-4-17(18)23)13-21-9-11-22(12-10-21)19(24)14-5-7-16(20)8-6-14/h2-8,23H,9-13,20H2,1H3. The molecule has 2 aromatic carbocycles. The minimum Gasteiger partial charge on any atom is -0.504 e. The van der Waals surface area contributed by atoms with Gasteiger partial charge in [0.25, 0.3) is 5.91 Å². The van der Waals surface area contributed by atoms with Gasteiger partial charge in [0, 0.05) is 49.5 Å². The summed E-state index contributed by atoms with van der Waals surface area (Å²) in [5.74, 6) is 0.703. The number of nitrogens with two attached hydrogens (primary N) is 1. The second-order valence-electron chi connectivity index (χ2n) is 6.16. The molecule has 1 aliphatic rings. The Balaban J connectivity index is 1.60. The van der Waals surface area contributed by atoms with Gasteiger partial charge < -0.3 is 20.5 Å². The molecule has 6 heteroatoms. The molecule has 0 unspecified atom stereocenters. The van der Waals surface area contributed by atoms with Gasteiger partial charge in [0.15, 0.2) is 11.5 Å². The minimum atomic E-state index is 0.0367. The molecular weight excluding hydrogens is 318 g/mol. The quantitative estimate of drug-likeness (QED) is 0.831. The summed E-state index contributed by atoms with van der Waals surface area (Å²) >= 11 is 0. The molecule has 2 aromatic rings. The summed E-state index contributed by atoms with van der Waals surface area (Å²) in [6, 6.07) is 12.4. The zero-order valence-corrected chi connectivity index (χ0v) is 14.3. The summed E-state index contributed by atoms with van der Waals surface area (Å²) in [7, 11) is 1.56. The van der Waals surface area contributed by atoms with Gasteiger partial charge in [-0.25, -0.2) is 0 Å². The maximum Gasteiger partial charge on any atom is 0.253 e. The van der Waals surface area contributed by atoms with E-state index in [-0.39, 0.29) is 11.7 Å². The zero-order valence-electron chi connectivity index (χ0n) is 14.3. The van der Waals surface area contributed by atoms with E-state index >= 15 is 0 Å². The molecule has 6 nitrogen and oxygen atoms in total. The summed E-state index contributed by atoms with van der Waals surface area (Å²) in [6.45, 7) is 3.58. The molecule has 1 amide bonds. The van der Waals surface area contributed by atoms with E-state index in [1.54, 1.807) is 37.4 Å². The molecule has 1 heterocycles. The van der Waals surface area contributed by atoms with Crippen LogP contribution in [0, 0.1) is 0 Å². The molecule has 1 fully saturated rings. The Morgan fingerprint density at radius 2 is 1.80 bits per heavy atom. The lowest BCUT2D eigenvalue weighted by Gasteiger charge is -2.35. The lowest BCUT2D eigenvalue weighted by Crippen LogP contribution is -2.48. The molecule has 0 atom stereocenters. The van der Waals surface area contributed by atoms with Gasteiger partial charge in [-0.3, -0.25) is 9.69 Å². The van der Waals surface area contributed by atoms with Gasteiger partial charge in [0.1, 0.15) is 0 Å². The third-order valence-electron chi connectivity index (χ3n) is 4.49. The SMILES string of the molecule is COc1c(O)cccc1CN1CCN(C(=O)c2ccc(N)cc2)CC1. The van der Waals surface area contributed by atoms with E-state index in [0.29, 0.717) is 36.6 Å². The average Bonchev–Trinajstić information content (AvgIpc) is 2.63. The highest BCUT2D eigenvalue weighted by atomic mass is 16.5. The Morgan fingerprint density at radius 1 is 1.12 bits per heavy atom. The topological polar surface area (TPSA) is 79.0 Å². The van der Waals surface area contributed by atoms with Crippen molar-refractivity contribution >= 4 is 11.6 Å². The van der Waals surface area contributed by atoms with Crippen LogP contribution < -0.4 is 10.5 Å². The number of benzene rings is 2. The van der Waals surface area contributed by atoms with Crippen LogP contribution in [0.5, 0.6) is 11.5 Å². The largest absolute Gasteiger partial charge is 0.504 e. The number of phenolic OH excluding ortho intramolecular Hbond substituents is 1. The molecular formula is C19H23N3O3. The van der Waals surface area contributed by atoms with Crippen LogP contribution >= 0.6 is 0 Å². The number of methoxy groups -OCH3 is 1. The number of amides is 1. The highest BCUT2D eigenvalue weighted by molar-refractivity contribution is 5.94. The van der Waals surface area contributed by atoms with Gasteiger partial charge in [-0.05, 0) is 30.3 Å². The molecule has 1 saturated heterocycles. The third kappa shape index (κ3) is 3.85. The summed E-state index contributed by atoms with van der Waals surface area (Å²) in [5, 5.41) is 9.88. The number of rotatable bonds is 4. The van der Waals surface area contributed by atoms with Crippen molar-refractivity contribution in [1.82, 2.24) is 9.80 Å². The number of nitrogens with zero attached hydrogens (tertiary/aromatic N) is 2. The van der Waals surface area contributed by atoms with Crippen molar-refractivity contribution in [2.75, 3.05) is 39.0 Å². The molecule has 0 bridgehead atoms. The van der Waals surface area contributed by atoms with Crippen molar-refractivity contribution in [3.8, 4) is 11.5 Å². The first-order valence-corrected chi connectivity index (χ1v) is 8.30. The van der Waals surface area contributed by atoms with Gasteiger partial charge in [-0.2, -0.15) is 0 Å². The van der Waals surface area contributed by atoms with Crippen molar-refractivity contribution in [3.05, 3.63) is 53.6 Å². The molecule has 3 N–H and O–H groups in total.